The number of ether oxygens (including phenoxy) is 1. The Morgan fingerprint density at radius 1 is 1.33 bits per heavy atom. The van der Waals surface area contributed by atoms with Crippen LogP contribution in [0, 0.1) is 11.7 Å². The van der Waals surface area contributed by atoms with E-state index < -0.39 is 0 Å². The predicted molar refractivity (Wildman–Crippen MR) is 94.9 cm³/mol. The van der Waals surface area contributed by atoms with Gasteiger partial charge in [0.1, 0.15) is 5.75 Å². The van der Waals surface area contributed by atoms with Crippen molar-refractivity contribution >= 4 is 18.1 Å². The molecule has 24 heavy (non-hydrogen) atoms. The van der Waals surface area contributed by atoms with Crippen molar-refractivity contribution in [1.82, 2.24) is 15.3 Å². The molecular weight excluding hydrogens is 326 g/mol. The fourth-order valence-electron chi connectivity index (χ4n) is 2.58. The lowest BCUT2D eigenvalue weighted by Gasteiger charge is -2.17. The highest BCUT2D eigenvalue weighted by Gasteiger charge is 2.14. The van der Waals surface area contributed by atoms with E-state index in [0.29, 0.717) is 17.7 Å². The van der Waals surface area contributed by atoms with Gasteiger partial charge < -0.3 is 15.0 Å². The van der Waals surface area contributed by atoms with Crippen molar-refractivity contribution in [3.05, 3.63) is 56.2 Å². The largest absolute Gasteiger partial charge is 0.496 e. The van der Waals surface area contributed by atoms with E-state index in [1.54, 1.807) is 14.0 Å². The number of nitrogens with one attached hydrogen (secondary N) is 3. The molecule has 1 aromatic heterocycles. The van der Waals surface area contributed by atoms with E-state index in [9.17, 15) is 9.59 Å². The first-order chi connectivity index (χ1) is 11.4. The highest BCUT2D eigenvalue weighted by atomic mass is 32.1. The van der Waals surface area contributed by atoms with Crippen LogP contribution in [0.3, 0.4) is 0 Å². The molecule has 0 saturated heterocycles. The van der Waals surface area contributed by atoms with Gasteiger partial charge in [-0.1, -0.05) is 18.2 Å². The predicted octanol–water partition coefficient (Wildman–Crippen LogP) is 2.56. The van der Waals surface area contributed by atoms with Gasteiger partial charge in [-0.15, -0.1) is 0 Å². The zero-order valence-electron chi connectivity index (χ0n) is 13.9. The molecular formula is C17H21N3O3S. The number of aromatic amines is 2. The van der Waals surface area contributed by atoms with Crippen molar-refractivity contribution in [2.24, 2.45) is 0 Å². The minimum atomic E-state index is -0.248. The van der Waals surface area contributed by atoms with Crippen LogP contribution < -0.4 is 15.6 Å². The lowest BCUT2D eigenvalue weighted by molar-refractivity contribution is -0.121. The molecule has 0 aliphatic rings. The summed E-state index contributed by atoms with van der Waals surface area (Å²) in [6, 6.07) is 7.36. The number of hydrogen-bond donors (Lipinski definition) is 3. The van der Waals surface area contributed by atoms with Gasteiger partial charge in [-0.05, 0) is 38.6 Å². The van der Waals surface area contributed by atoms with Gasteiger partial charge in [0.2, 0.25) is 5.91 Å². The molecule has 1 amide bonds. The third kappa shape index (κ3) is 4.32. The Morgan fingerprint density at radius 3 is 2.71 bits per heavy atom. The Labute approximate surface area is 145 Å². The Balaban J connectivity index is 2.01. The molecule has 0 spiro atoms. The maximum atomic E-state index is 12.2. The van der Waals surface area contributed by atoms with Crippen LogP contribution in [0.4, 0.5) is 0 Å². The average Bonchev–Trinajstić information content (AvgIpc) is 2.53. The molecule has 0 aliphatic carbocycles. The summed E-state index contributed by atoms with van der Waals surface area (Å²) < 4.78 is 5.60. The van der Waals surface area contributed by atoms with Crippen molar-refractivity contribution in [2.75, 3.05) is 7.11 Å². The Bertz CT molecular complexity index is 841. The molecule has 1 unspecified atom stereocenters. The Morgan fingerprint density at radius 2 is 2.04 bits per heavy atom. The lowest BCUT2D eigenvalue weighted by Crippen LogP contribution is -2.28. The number of carbonyl (C=O) groups is 1. The van der Waals surface area contributed by atoms with Crippen molar-refractivity contribution in [3.63, 3.8) is 0 Å². The molecule has 1 atom stereocenters. The van der Waals surface area contributed by atoms with Crippen LogP contribution in [0.1, 0.15) is 36.2 Å². The van der Waals surface area contributed by atoms with Crippen LogP contribution in [0.5, 0.6) is 5.75 Å². The number of H-pyrrole nitrogens is 2. The number of aryl methyl sites for hydroxylation is 1. The quantitative estimate of drug-likeness (QED) is 0.701. The van der Waals surface area contributed by atoms with Gasteiger partial charge in [-0.25, -0.2) is 0 Å². The molecule has 0 fully saturated rings. The second kappa shape index (κ2) is 7.92. The third-order valence-electron chi connectivity index (χ3n) is 3.84. The summed E-state index contributed by atoms with van der Waals surface area (Å²) in [5.41, 5.74) is 1.89. The monoisotopic (exact) mass is 347 g/mol. The van der Waals surface area contributed by atoms with Crippen LogP contribution in [-0.2, 0) is 11.2 Å². The Hall–Kier alpha value is -2.41. The van der Waals surface area contributed by atoms with E-state index in [4.69, 9.17) is 17.0 Å². The summed E-state index contributed by atoms with van der Waals surface area (Å²) in [6.07, 6.45) is 0.561. The van der Waals surface area contributed by atoms with E-state index in [1.165, 1.54) is 0 Å². The number of benzene rings is 1. The molecule has 1 aromatic carbocycles. The number of para-hydroxylation sites is 1. The standard InChI is InChI=1S/C17H21N3O3S/c1-10(12-6-4-5-7-14(12)23-3)18-15(21)9-8-13-11(2)19-17(24)20-16(13)22/h4-7,10H,8-9H2,1-3H3,(H,18,21)(H2,19,20,22,24). The second-order valence-corrected chi connectivity index (χ2v) is 5.95. The van der Waals surface area contributed by atoms with Crippen LogP contribution in [0.15, 0.2) is 29.1 Å². The number of aromatic nitrogens is 2. The summed E-state index contributed by atoms with van der Waals surface area (Å²) >= 11 is 4.91. The van der Waals surface area contributed by atoms with Crippen LogP contribution in [0.25, 0.3) is 0 Å². The lowest BCUT2D eigenvalue weighted by atomic mass is 10.1. The molecule has 0 saturated carbocycles. The molecule has 7 heteroatoms. The SMILES string of the molecule is COc1ccccc1C(C)NC(=O)CCc1c(C)[nH]c(=S)[nH]c1=O. The van der Waals surface area contributed by atoms with Gasteiger partial charge in [0, 0.05) is 23.2 Å². The highest BCUT2D eigenvalue weighted by Crippen LogP contribution is 2.24. The van der Waals surface area contributed by atoms with Crippen molar-refractivity contribution < 1.29 is 9.53 Å². The van der Waals surface area contributed by atoms with Gasteiger partial charge in [0.05, 0.1) is 13.2 Å². The first-order valence-electron chi connectivity index (χ1n) is 7.66. The van der Waals surface area contributed by atoms with Gasteiger partial charge >= 0.3 is 0 Å². The molecule has 2 rings (SSSR count). The summed E-state index contributed by atoms with van der Waals surface area (Å²) in [5.74, 6) is 0.600. The minimum Gasteiger partial charge on any atom is -0.496 e. The van der Waals surface area contributed by atoms with E-state index in [0.717, 1.165) is 11.3 Å². The molecule has 0 radical (unpaired) electrons. The summed E-state index contributed by atoms with van der Waals surface area (Å²) in [5, 5.41) is 2.93. The van der Waals surface area contributed by atoms with E-state index in [2.05, 4.69) is 15.3 Å². The molecule has 6 nitrogen and oxygen atoms in total. The molecule has 2 aromatic rings. The van der Waals surface area contributed by atoms with Crippen molar-refractivity contribution in [1.29, 1.82) is 0 Å². The normalized spacial score (nSPS) is 11.8. The van der Waals surface area contributed by atoms with Crippen molar-refractivity contribution in [2.45, 2.75) is 32.7 Å². The van der Waals surface area contributed by atoms with E-state index in [-0.39, 0.29) is 28.7 Å². The number of rotatable bonds is 6. The smallest absolute Gasteiger partial charge is 0.255 e. The maximum absolute atomic E-state index is 12.2. The summed E-state index contributed by atoms with van der Waals surface area (Å²) in [6.45, 7) is 3.67. The van der Waals surface area contributed by atoms with Crippen LogP contribution in [0.2, 0.25) is 0 Å². The van der Waals surface area contributed by atoms with Gasteiger partial charge in [-0.3, -0.25) is 14.6 Å². The Kier molecular flexibility index (Phi) is 5.92. The summed E-state index contributed by atoms with van der Waals surface area (Å²) in [7, 11) is 1.60. The highest BCUT2D eigenvalue weighted by molar-refractivity contribution is 7.71. The maximum Gasteiger partial charge on any atom is 0.255 e. The molecule has 1 heterocycles. The summed E-state index contributed by atoms with van der Waals surface area (Å²) in [4.78, 5) is 29.5. The minimum absolute atomic E-state index is 0.130. The molecule has 0 aliphatic heterocycles. The average molecular weight is 347 g/mol. The van der Waals surface area contributed by atoms with Crippen LogP contribution in [-0.4, -0.2) is 23.0 Å². The zero-order chi connectivity index (χ0) is 17.7. The fourth-order valence-corrected chi connectivity index (χ4v) is 2.83. The molecule has 3 N–H and O–H groups in total. The first kappa shape index (κ1) is 17.9. The first-order valence-corrected chi connectivity index (χ1v) is 8.07. The van der Waals surface area contributed by atoms with E-state index >= 15 is 0 Å². The van der Waals surface area contributed by atoms with E-state index in [1.807, 2.05) is 31.2 Å². The number of amides is 1. The van der Waals surface area contributed by atoms with Gasteiger partial charge in [-0.2, -0.15) is 0 Å². The van der Waals surface area contributed by atoms with Gasteiger partial charge in [0.15, 0.2) is 4.77 Å². The van der Waals surface area contributed by atoms with Crippen LogP contribution >= 0.6 is 12.2 Å². The molecule has 128 valence electrons. The number of hydrogen-bond acceptors (Lipinski definition) is 4. The fraction of sp³-hybridized carbons (Fsp3) is 0.353. The topological polar surface area (TPSA) is 87.0 Å². The zero-order valence-corrected chi connectivity index (χ0v) is 14.8. The van der Waals surface area contributed by atoms with Gasteiger partial charge in [0.25, 0.3) is 5.56 Å². The number of methoxy groups -OCH3 is 1. The van der Waals surface area contributed by atoms with Crippen molar-refractivity contribution in [3.8, 4) is 5.75 Å². The second-order valence-electron chi connectivity index (χ2n) is 5.54. The molecule has 0 bridgehead atoms. The third-order valence-corrected chi connectivity index (χ3v) is 4.04. The number of carbonyl (C=O) groups excluding carboxylic acids is 1.